The lowest BCUT2D eigenvalue weighted by molar-refractivity contribution is 0.0338. The molecule has 0 aromatic heterocycles. The molecule has 1 saturated heterocycles. The predicted octanol–water partition coefficient (Wildman–Crippen LogP) is 1.73. The molecule has 0 spiro atoms. The number of benzene rings is 1. The third kappa shape index (κ3) is 3.09. The summed E-state index contributed by atoms with van der Waals surface area (Å²) in [6.07, 6.45) is 0. The molecule has 1 aliphatic rings. The van der Waals surface area contributed by atoms with Crippen LogP contribution in [0.1, 0.15) is 22.8 Å². The molecule has 1 fully saturated rings. The van der Waals surface area contributed by atoms with Crippen molar-refractivity contribution in [2.24, 2.45) is 0 Å². The van der Waals surface area contributed by atoms with Gasteiger partial charge in [0, 0.05) is 30.8 Å². The fourth-order valence-electron chi connectivity index (χ4n) is 2.12. The van der Waals surface area contributed by atoms with Crippen LogP contribution in [0.5, 0.6) is 5.75 Å². The Morgan fingerprint density at radius 3 is 2.72 bits per heavy atom. The molecule has 4 heteroatoms. The van der Waals surface area contributed by atoms with Crippen LogP contribution >= 0.6 is 0 Å². The molecule has 0 N–H and O–H groups in total. The molecule has 1 aromatic rings. The molecule has 2 rings (SSSR count). The summed E-state index contributed by atoms with van der Waals surface area (Å²) in [6.45, 7) is 5.78. The van der Waals surface area contributed by atoms with Crippen LogP contribution in [0.25, 0.3) is 0 Å². The number of hydrogen-bond acceptors (Lipinski definition) is 4. The fraction of sp³-hybridized carbons (Fsp3) is 0.500. The van der Waals surface area contributed by atoms with Gasteiger partial charge in [0.2, 0.25) is 0 Å². The van der Waals surface area contributed by atoms with Gasteiger partial charge in [-0.1, -0.05) is 0 Å². The van der Waals surface area contributed by atoms with E-state index in [1.807, 2.05) is 18.2 Å². The Kier molecular flexibility index (Phi) is 4.33. The number of hydrogen-bond donors (Lipinski definition) is 0. The molecule has 0 radical (unpaired) electrons. The number of carbonyl (C=O) groups is 1. The number of ketones is 1. The minimum Gasteiger partial charge on any atom is -0.496 e. The number of methoxy groups -OCH3 is 1. The molecule has 1 aromatic carbocycles. The standard InChI is InChI=1S/C14H19NO3/c1-11(16)12-3-4-14(17-2)13(9-12)10-15-5-7-18-8-6-15/h3-4,9H,5-8,10H2,1-2H3. The van der Waals surface area contributed by atoms with E-state index < -0.39 is 0 Å². The number of rotatable bonds is 4. The quantitative estimate of drug-likeness (QED) is 0.762. The van der Waals surface area contributed by atoms with Crippen LogP contribution in [0, 0.1) is 0 Å². The van der Waals surface area contributed by atoms with Crippen molar-refractivity contribution in [3.05, 3.63) is 29.3 Å². The van der Waals surface area contributed by atoms with Gasteiger partial charge in [0.1, 0.15) is 5.75 Å². The van der Waals surface area contributed by atoms with Crippen LogP contribution in [-0.2, 0) is 11.3 Å². The van der Waals surface area contributed by atoms with Crippen LogP contribution in [0.4, 0.5) is 0 Å². The van der Waals surface area contributed by atoms with E-state index >= 15 is 0 Å². The molecule has 0 amide bonds. The second-order valence-electron chi connectivity index (χ2n) is 4.47. The number of ether oxygens (including phenoxy) is 2. The van der Waals surface area contributed by atoms with Gasteiger partial charge < -0.3 is 9.47 Å². The van der Waals surface area contributed by atoms with E-state index in [1.54, 1.807) is 14.0 Å². The topological polar surface area (TPSA) is 38.8 Å². The Morgan fingerprint density at radius 2 is 2.11 bits per heavy atom. The number of nitrogens with zero attached hydrogens (tertiary/aromatic N) is 1. The monoisotopic (exact) mass is 249 g/mol. The molecular formula is C14H19NO3. The largest absolute Gasteiger partial charge is 0.496 e. The maximum Gasteiger partial charge on any atom is 0.159 e. The molecule has 1 heterocycles. The third-order valence-electron chi connectivity index (χ3n) is 3.18. The van der Waals surface area contributed by atoms with Gasteiger partial charge in [0.25, 0.3) is 0 Å². The van der Waals surface area contributed by atoms with E-state index in [0.29, 0.717) is 0 Å². The average Bonchev–Trinajstić information content (AvgIpc) is 2.39. The van der Waals surface area contributed by atoms with Crippen LogP contribution in [0.3, 0.4) is 0 Å². The van der Waals surface area contributed by atoms with E-state index in [9.17, 15) is 4.79 Å². The minimum absolute atomic E-state index is 0.0841. The van der Waals surface area contributed by atoms with Crippen molar-refractivity contribution in [1.82, 2.24) is 4.90 Å². The minimum atomic E-state index is 0.0841. The van der Waals surface area contributed by atoms with Crippen molar-refractivity contribution in [3.8, 4) is 5.75 Å². The third-order valence-corrected chi connectivity index (χ3v) is 3.18. The molecule has 0 unspecified atom stereocenters. The first-order chi connectivity index (χ1) is 8.70. The lowest BCUT2D eigenvalue weighted by Crippen LogP contribution is -2.35. The molecule has 18 heavy (non-hydrogen) atoms. The zero-order chi connectivity index (χ0) is 13.0. The second kappa shape index (κ2) is 5.98. The smallest absolute Gasteiger partial charge is 0.159 e. The maximum absolute atomic E-state index is 11.4. The van der Waals surface area contributed by atoms with Crippen molar-refractivity contribution in [3.63, 3.8) is 0 Å². The molecule has 98 valence electrons. The Bertz CT molecular complexity index is 425. The van der Waals surface area contributed by atoms with Crippen molar-refractivity contribution in [2.75, 3.05) is 33.4 Å². The SMILES string of the molecule is COc1ccc(C(C)=O)cc1CN1CCOCC1. The van der Waals surface area contributed by atoms with Gasteiger partial charge in [-0.05, 0) is 25.1 Å². The molecule has 0 bridgehead atoms. The van der Waals surface area contributed by atoms with Crippen LogP contribution in [0.15, 0.2) is 18.2 Å². The van der Waals surface area contributed by atoms with E-state index in [1.165, 1.54) is 0 Å². The summed E-state index contributed by atoms with van der Waals surface area (Å²) >= 11 is 0. The van der Waals surface area contributed by atoms with E-state index in [0.717, 1.165) is 49.7 Å². The van der Waals surface area contributed by atoms with Gasteiger partial charge in [-0.3, -0.25) is 9.69 Å². The van der Waals surface area contributed by atoms with Crippen molar-refractivity contribution in [2.45, 2.75) is 13.5 Å². The summed E-state index contributed by atoms with van der Waals surface area (Å²) < 4.78 is 10.7. The Morgan fingerprint density at radius 1 is 1.39 bits per heavy atom. The highest BCUT2D eigenvalue weighted by molar-refractivity contribution is 5.94. The molecule has 0 aliphatic carbocycles. The lowest BCUT2D eigenvalue weighted by Gasteiger charge is -2.27. The summed E-state index contributed by atoms with van der Waals surface area (Å²) in [5.74, 6) is 0.923. The summed E-state index contributed by atoms with van der Waals surface area (Å²) in [5, 5.41) is 0. The lowest BCUT2D eigenvalue weighted by atomic mass is 10.1. The van der Waals surface area contributed by atoms with Crippen LogP contribution in [-0.4, -0.2) is 44.1 Å². The van der Waals surface area contributed by atoms with E-state index in [4.69, 9.17) is 9.47 Å². The Labute approximate surface area is 107 Å². The highest BCUT2D eigenvalue weighted by Gasteiger charge is 2.14. The normalized spacial score (nSPS) is 16.6. The summed E-state index contributed by atoms with van der Waals surface area (Å²) in [5.41, 5.74) is 1.80. The average molecular weight is 249 g/mol. The highest BCUT2D eigenvalue weighted by atomic mass is 16.5. The van der Waals surface area contributed by atoms with Crippen molar-refractivity contribution in [1.29, 1.82) is 0 Å². The van der Waals surface area contributed by atoms with E-state index in [2.05, 4.69) is 4.90 Å². The van der Waals surface area contributed by atoms with Crippen molar-refractivity contribution >= 4 is 5.78 Å². The van der Waals surface area contributed by atoms with Gasteiger partial charge in [-0.25, -0.2) is 0 Å². The summed E-state index contributed by atoms with van der Waals surface area (Å²) in [4.78, 5) is 13.7. The van der Waals surface area contributed by atoms with Crippen LogP contribution in [0.2, 0.25) is 0 Å². The molecular weight excluding hydrogens is 230 g/mol. The first-order valence-corrected chi connectivity index (χ1v) is 6.18. The fourth-order valence-corrected chi connectivity index (χ4v) is 2.12. The Balaban J connectivity index is 2.17. The molecule has 1 aliphatic heterocycles. The maximum atomic E-state index is 11.4. The zero-order valence-electron chi connectivity index (χ0n) is 10.9. The predicted molar refractivity (Wildman–Crippen MR) is 69.1 cm³/mol. The highest BCUT2D eigenvalue weighted by Crippen LogP contribution is 2.22. The second-order valence-corrected chi connectivity index (χ2v) is 4.47. The van der Waals surface area contributed by atoms with Crippen molar-refractivity contribution < 1.29 is 14.3 Å². The number of morpholine rings is 1. The first-order valence-electron chi connectivity index (χ1n) is 6.18. The van der Waals surface area contributed by atoms with Gasteiger partial charge in [0.15, 0.2) is 5.78 Å². The van der Waals surface area contributed by atoms with Gasteiger partial charge >= 0.3 is 0 Å². The van der Waals surface area contributed by atoms with Gasteiger partial charge in [-0.15, -0.1) is 0 Å². The summed E-state index contributed by atoms with van der Waals surface area (Å²) in [7, 11) is 1.66. The molecule has 0 saturated carbocycles. The Hall–Kier alpha value is -1.39. The number of carbonyl (C=O) groups excluding carboxylic acids is 1. The summed E-state index contributed by atoms with van der Waals surface area (Å²) in [6, 6.07) is 5.60. The zero-order valence-corrected chi connectivity index (χ0v) is 10.9. The number of Topliss-reactive ketones (excluding diaryl/α,β-unsaturated/α-hetero) is 1. The van der Waals surface area contributed by atoms with E-state index in [-0.39, 0.29) is 5.78 Å². The van der Waals surface area contributed by atoms with Crippen LogP contribution < -0.4 is 4.74 Å². The molecule has 4 nitrogen and oxygen atoms in total. The van der Waals surface area contributed by atoms with Gasteiger partial charge in [0.05, 0.1) is 20.3 Å². The first kappa shape index (κ1) is 13.1. The van der Waals surface area contributed by atoms with Gasteiger partial charge in [-0.2, -0.15) is 0 Å². The molecule has 0 atom stereocenters.